The van der Waals surface area contributed by atoms with Crippen molar-refractivity contribution < 1.29 is 0 Å². The third-order valence-corrected chi connectivity index (χ3v) is 4.88. The highest BCUT2D eigenvalue weighted by Gasteiger charge is 2.23. The second kappa shape index (κ2) is 8.65. The van der Waals surface area contributed by atoms with E-state index in [1.54, 1.807) is 0 Å². The molecule has 0 saturated carbocycles. The Morgan fingerprint density at radius 2 is 1.55 bits per heavy atom. The SMILES string of the molecule is CC1C=CC=CC1[SH+]C1=CCCC=C1.c1ccccc1. The van der Waals surface area contributed by atoms with Crippen molar-refractivity contribution in [3.8, 4) is 0 Å². The lowest BCUT2D eigenvalue weighted by Crippen LogP contribution is -2.18. The maximum Gasteiger partial charge on any atom is 0.148 e. The standard InChI is InChI=1S/C13H16S.C6H6/c1-11-7-5-6-10-13(11)14-12-8-3-2-4-9-12;1-2-4-6-5-3-1/h3,5-11,13H,2,4H2,1H3;1-6H/p+1. The smallest absolute Gasteiger partial charge is 0.0793 e. The molecule has 0 amide bonds. The van der Waals surface area contributed by atoms with Gasteiger partial charge >= 0.3 is 0 Å². The Kier molecular flexibility index (Phi) is 6.46. The van der Waals surface area contributed by atoms with Gasteiger partial charge in [-0.15, -0.1) is 0 Å². The fourth-order valence-electron chi connectivity index (χ4n) is 2.12. The van der Waals surface area contributed by atoms with E-state index in [4.69, 9.17) is 0 Å². The molecule has 0 bridgehead atoms. The maximum atomic E-state index is 2.38. The number of hydrogen-bond acceptors (Lipinski definition) is 0. The van der Waals surface area contributed by atoms with Crippen LogP contribution >= 0.6 is 0 Å². The lowest BCUT2D eigenvalue weighted by molar-refractivity contribution is 0.752. The molecule has 0 aliphatic heterocycles. The third kappa shape index (κ3) is 5.26. The molecule has 2 aliphatic carbocycles. The zero-order valence-electron chi connectivity index (χ0n) is 12.0. The summed E-state index contributed by atoms with van der Waals surface area (Å²) in [6, 6.07) is 12.0. The molecule has 2 unspecified atom stereocenters. The lowest BCUT2D eigenvalue weighted by Gasteiger charge is -2.14. The van der Waals surface area contributed by atoms with E-state index in [1.165, 1.54) is 29.5 Å². The Hall–Kier alpha value is -1.47. The highest BCUT2D eigenvalue weighted by molar-refractivity contribution is 7.83. The van der Waals surface area contributed by atoms with E-state index < -0.39 is 0 Å². The van der Waals surface area contributed by atoms with Crippen LogP contribution in [0.2, 0.25) is 0 Å². The predicted octanol–water partition coefficient (Wildman–Crippen LogP) is 4.85. The largest absolute Gasteiger partial charge is 0.148 e. The van der Waals surface area contributed by atoms with Crippen molar-refractivity contribution in [2.45, 2.75) is 25.0 Å². The number of allylic oxidation sites excluding steroid dienone is 6. The first-order valence-corrected chi connectivity index (χ1v) is 8.25. The highest BCUT2D eigenvalue weighted by atomic mass is 32.2. The molecule has 0 fully saturated rings. The molecule has 0 nitrogen and oxygen atoms in total. The maximum absolute atomic E-state index is 2.38. The van der Waals surface area contributed by atoms with Gasteiger partial charge in [-0.05, 0) is 31.1 Å². The van der Waals surface area contributed by atoms with E-state index in [9.17, 15) is 0 Å². The molecule has 1 heteroatoms. The number of hydrogen-bond donors (Lipinski definition) is 0. The summed E-state index contributed by atoms with van der Waals surface area (Å²) < 4.78 is 0. The molecule has 0 heterocycles. The van der Waals surface area contributed by atoms with Crippen molar-refractivity contribution in [1.82, 2.24) is 0 Å². The van der Waals surface area contributed by atoms with Crippen LogP contribution in [0.1, 0.15) is 19.8 Å². The molecule has 0 spiro atoms. The minimum Gasteiger partial charge on any atom is -0.0793 e. The first kappa shape index (κ1) is 14.9. The topological polar surface area (TPSA) is 0 Å². The molecular formula is C19H23S+. The highest BCUT2D eigenvalue weighted by Crippen LogP contribution is 2.21. The van der Waals surface area contributed by atoms with Gasteiger partial charge in [-0.3, -0.25) is 0 Å². The van der Waals surface area contributed by atoms with Crippen molar-refractivity contribution in [1.29, 1.82) is 0 Å². The van der Waals surface area contributed by atoms with E-state index in [1.807, 2.05) is 36.4 Å². The Labute approximate surface area is 127 Å². The molecule has 1 aromatic carbocycles. The normalized spacial score (nSPS) is 23.8. The minimum atomic E-state index is 0.675. The Bertz CT molecular complexity index is 467. The van der Waals surface area contributed by atoms with Gasteiger partial charge in [0.25, 0.3) is 0 Å². The Morgan fingerprint density at radius 3 is 2.10 bits per heavy atom. The van der Waals surface area contributed by atoms with Crippen LogP contribution in [0.5, 0.6) is 0 Å². The first-order chi connectivity index (χ1) is 9.86. The molecule has 104 valence electrons. The van der Waals surface area contributed by atoms with E-state index in [-0.39, 0.29) is 0 Å². The van der Waals surface area contributed by atoms with Crippen molar-refractivity contribution >= 4 is 11.8 Å². The molecule has 2 atom stereocenters. The Morgan fingerprint density at radius 1 is 0.900 bits per heavy atom. The Balaban J connectivity index is 0.000000205. The van der Waals surface area contributed by atoms with E-state index in [2.05, 4.69) is 49.5 Å². The molecule has 1 aromatic rings. The first-order valence-electron chi connectivity index (χ1n) is 7.29. The number of thiol groups is 1. The average molecular weight is 283 g/mol. The predicted molar refractivity (Wildman–Crippen MR) is 92.9 cm³/mol. The number of benzene rings is 1. The summed E-state index contributed by atoms with van der Waals surface area (Å²) in [5.41, 5.74) is 0. The molecule has 0 saturated heterocycles. The monoisotopic (exact) mass is 283 g/mol. The minimum absolute atomic E-state index is 0.675. The summed E-state index contributed by atoms with van der Waals surface area (Å²) in [6.45, 7) is 2.30. The van der Waals surface area contributed by atoms with Crippen LogP contribution in [-0.4, -0.2) is 5.25 Å². The summed E-state index contributed by atoms with van der Waals surface area (Å²) in [6.07, 6.45) is 18.3. The molecule has 20 heavy (non-hydrogen) atoms. The van der Waals surface area contributed by atoms with Gasteiger partial charge in [0.2, 0.25) is 0 Å². The zero-order chi connectivity index (χ0) is 14.0. The molecular weight excluding hydrogens is 260 g/mol. The van der Waals surface area contributed by atoms with Gasteiger partial charge in [-0.25, -0.2) is 0 Å². The van der Waals surface area contributed by atoms with E-state index in [0.717, 1.165) is 0 Å². The van der Waals surface area contributed by atoms with Crippen LogP contribution in [0.3, 0.4) is 0 Å². The summed E-state index contributed by atoms with van der Waals surface area (Å²) in [5.74, 6) is 0.679. The molecule has 0 N–H and O–H groups in total. The summed E-state index contributed by atoms with van der Waals surface area (Å²) in [5, 5.41) is 0.675. The van der Waals surface area contributed by atoms with Crippen LogP contribution in [0.4, 0.5) is 0 Å². The van der Waals surface area contributed by atoms with Gasteiger partial charge in [-0.1, -0.05) is 67.6 Å². The second-order valence-corrected chi connectivity index (χ2v) is 6.38. The van der Waals surface area contributed by atoms with Gasteiger partial charge in [-0.2, -0.15) is 0 Å². The van der Waals surface area contributed by atoms with Gasteiger partial charge in [0.1, 0.15) is 10.2 Å². The van der Waals surface area contributed by atoms with Crippen molar-refractivity contribution in [2.24, 2.45) is 5.92 Å². The van der Waals surface area contributed by atoms with Crippen molar-refractivity contribution in [3.05, 3.63) is 83.8 Å². The van der Waals surface area contributed by atoms with Crippen LogP contribution < -0.4 is 0 Å². The fourth-order valence-corrected chi connectivity index (χ4v) is 3.41. The molecule has 3 rings (SSSR count). The van der Waals surface area contributed by atoms with Gasteiger partial charge in [0.15, 0.2) is 0 Å². The van der Waals surface area contributed by atoms with Crippen molar-refractivity contribution in [2.75, 3.05) is 0 Å². The van der Waals surface area contributed by atoms with Gasteiger partial charge < -0.3 is 0 Å². The second-order valence-electron chi connectivity index (χ2n) is 5.01. The quantitative estimate of drug-likeness (QED) is 0.537. The third-order valence-electron chi connectivity index (χ3n) is 3.31. The fraction of sp³-hybridized carbons (Fsp3) is 0.263. The van der Waals surface area contributed by atoms with E-state index >= 15 is 0 Å². The van der Waals surface area contributed by atoms with Crippen LogP contribution in [0.15, 0.2) is 83.8 Å². The van der Waals surface area contributed by atoms with E-state index in [0.29, 0.717) is 11.2 Å². The zero-order valence-corrected chi connectivity index (χ0v) is 12.9. The number of rotatable bonds is 2. The van der Waals surface area contributed by atoms with Gasteiger partial charge in [0, 0.05) is 17.7 Å². The summed E-state index contributed by atoms with van der Waals surface area (Å²) in [7, 11) is 0. The van der Waals surface area contributed by atoms with Crippen LogP contribution in [-0.2, 0) is 11.8 Å². The average Bonchev–Trinajstić information content (AvgIpc) is 2.53. The molecule has 0 aromatic heterocycles. The van der Waals surface area contributed by atoms with Crippen molar-refractivity contribution in [3.63, 3.8) is 0 Å². The van der Waals surface area contributed by atoms with Gasteiger partial charge in [0.05, 0.1) is 0 Å². The lowest BCUT2D eigenvalue weighted by atomic mass is 10.0. The summed E-state index contributed by atoms with van der Waals surface area (Å²) in [4.78, 5) is 1.49. The summed E-state index contributed by atoms with van der Waals surface area (Å²) >= 11 is 1.47. The van der Waals surface area contributed by atoms with Crippen LogP contribution in [0, 0.1) is 5.92 Å². The van der Waals surface area contributed by atoms with Crippen LogP contribution in [0.25, 0.3) is 0 Å². The molecule has 0 radical (unpaired) electrons. The molecule has 2 aliphatic rings.